The number of carbonyl (C=O) groups is 2. The summed E-state index contributed by atoms with van der Waals surface area (Å²) in [5.74, 6) is -0.337. The van der Waals surface area contributed by atoms with Crippen molar-refractivity contribution in [2.45, 2.75) is 31.2 Å². The lowest BCUT2D eigenvalue weighted by Gasteiger charge is -2.26. The maximum atomic E-state index is 12.6. The number of rotatable bonds is 9. The van der Waals surface area contributed by atoms with E-state index in [9.17, 15) is 18.0 Å². The molecular weight excluding hydrogens is 386 g/mol. The molecule has 0 saturated carbocycles. The Kier molecular flexibility index (Phi) is 8.21. The second kappa shape index (κ2) is 10.4. The summed E-state index contributed by atoms with van der Waals surface area (Å²) in [5.41, 5.74) is 0. The van der Waals surface area contributed by atoms with E-state index in [-0.39, 0.29) is 17.4 Å². The summed E-state index contributed by atoms with van der Waals surface area (Å²) >= 11 is 0. The molecule has 1 aliphatic rings. The van der Waals surface area contributed by atoms with Gasteiger partial charge in [0.2, 0.25) is 15.9 Å². The molecule has 1 aromatic rings. The summed E-state index contributed by atoms with van der Waals surface area (Å²) in [6.07, 6.45) is 0.812. The second-order valence-corrected chi connectivity index (χ2v) is 8.29. The molecule has 1 fully saturated rings. The largest absolute Gasteiger partial charge is 0.484 e. The first-order valence-electron chi connectivity index (χ1n) is 9.22. The van der Waals surface area contributed by atoms with Gasteiger partial charge in [0, 0.05) is 19.6 Å². The van der Waals surface area contributed by atoms with Crippen molar-refractivity contribution in [2.24, 2.45) is 0 Å². The first kappa shape index (κ1) is 22.1. The van der Waals surface area contributed by atoms with Gasteiger partial charge in [-0.05, 0) is 37.6 Å². The van der Waals surface area contributed by atoms with Crippen molar-refractivity contribution in [1.82, 2.24) is 14.9 Å². The lowest BCUT2D eigenvalue weighted by molar-refractivity contribution is -0.129. The van der Waals surface area contributed by atoms with E-state index in [0.29, 0.717) is 38.6 Å². The average molecular weight is 413 g/mol. The monoisotopic (exact) mass is 413 g/mol. The van der Waals surface area contributed by atoms with Gasteiger partial charge in [0.1, 0.15) is 11.8 Å². The number of hydrogen-bond acceptors (Lipinski definition) is 6. The lowest BCUT2D eigenvalue weighted by Crippen LogP contribution is -2.46. The highest BCUT2D eigenvalue weighted by Gasteiger charge is 2.26. The Morgan fingerprint density at radius 1 is 1.21 bits per heavy atom. The van der Waals surface area contributed by atoms with E-state index in [1.54, 1.807) is 6.92 Å². The number of nitrogens with zero attached hydrogens (tertiary/aromatic N) is 1. The van der Waals surface area contributed by atoms with Crippen molar-refractivity contribution in [3.8, 4) is 5.75 Å². The van der Waals surface area contributed by atoms with E-state index >= 15 is 0 Å². The summed E-state index contributed by atoms with van der Waals surface area (Å²) in [6, 6.07) is 5.22. The van der Waals surface area contributed by atoms with Gasteiger partial charge in [0.05, 0.1) is 18.1 Å². The van der Waals surface area contributed by atoms with Crippen LogP contribution in [-0.4, -0.2) is 70.0 Å². The molecule has 1 atom stereocenters. The predicted molar refractivity (Wildman–Crippen MR) is 102 cm³/mol. The van der Waals surface area contributed by atoms with Gasteiger partial charge in [-0.2, -0.15) is 4.31 Å². The van der Waals surface area contributed by atoms with Crippen molar-refractivity contribution >= 4 is 21.8 Å². The molecule has 28 heavy (non-hydrogen) atoms. The quantitative estimate of drug-likeness (QED) is 0.594. The van der Waals surface area contributed by atoms with Gasteiger partial charge in [0.15, 0.2) is 6.61 Å². The van der Waals surface area contributed by atoms with Crippen LogP contribution in [0.3, 0.4) is 0 Å². The standard InChI is InChI=1S/C18H27N3O6S/c1-3-8-19-18(23)14(2)20-17(22)13-27-15-4-6-16(7-5-15)28(24,25)21-9-11-26-12-10-21/h4-7,14H,3,8-13H2,1-2H3,(H,19,23)(H,20,22)/t14-/m1/s1. The second-order valence-electron chi connectivity index (χ2n) is 6.36. The first-order valence-corrected chi connectivity index (χ1v) is 10.7. The summed E-state index contributed by atoms with van der Waals surface area (Å²) in [4.78, 5) is 23.8. The molecule has 2 amide bonds. The van der Waals surface area contributed by atoms with Crippen LogP contribution < -0.4 is 15.4 Å². The van der Waals surface area contributed by atoms with Crippen molar-refractivity contribution in [3.05, 3.63) is 24.3 Å². The zero-order valence-corrected chi connectivity index (χ0v) is 17.0. The van der Waals surface area contributed by atoms with Crippen molar-refractivity contribution in [1.29, 1.82) is 0 Å². The molecule has 0 aliphatic carbocycles. The highest BCUT2D eigenvalue weighted by atomic mass is 32.2. The summed E-state index contributed by atoms with van der Waals surface area (Å²) in [7, 11) is -3.57. The van der Waals surface area contributed by atoms with E-state index in [2.05, 4.69) is 10.6 Å². The smallest absolute Gasteiger partial charge is 0.258 e. The van der Waals surface area contributed by atoms with Gasteiger partial charge in [-0.15, -0.1) is 0 Å². The van der Waals surface area contributed by atoms with Gasteiger partial charge in [0.25, 0.3) is 5.91 Å². The van der Waals surface area contributed by atoms with E-state index in [0.717, 1.165) is 6.42 Å². The van der Waals surface area contributed by atoms with Gasteiger partial charge in [-0.3, -0.25) is 9.59 Å². The fourth-order valence-electron chi connectivity index (χ4n) is 2.54. The van der Waals surface area contributed by atoms with E-state index in [4.69, 9.17) is 9.47 Å². The van der Waals surface area contributed by atoms with Crippen molar-refractivity contribution < 1.29 is 27.5 Å². The summed E-state index contributed by atoms with van der Waals surface area (Å²) in [5, 5.41) is 5.24. The number of carbonyl (C=O) groups excluding carboxylic acids is 2. The van der Waals surface area contributed by atoms with Crippen LogP contribution in [0.1, 0.15) is 20.3 Å². The average Bonchev–Trinajstić information content (AvgIpc) is 2.71. The van der Waals surface area contributed by atoms with E-state index < -0.39 is 22.0 Å². The molecule has 0 bridgehead atoms. The minimum absolute atomic E-state index is 0.160. The fraction of sp³-hybridized carbons (Fsp3) is 0.556. The van der Waals surface area contributed by atoms with Crippen LogP contribution in [0, 0.1) is 0 Å². The minimum atomic E-state index is -3.57. The van der Waals surface area contributed by atoms with Gasteiger partial charge < -0.3 is 20.1 Å². The number of nitrogens with one attached hydrogen (secondary N) is 2. The highest BCUT2D eigenvalue weighted by molar-refractivity contribution is 7.89. The van der Waals surface area contributed by atoms with Gasteiger partial charge in [-0.25, -0.2) is 8.42 Å². The molecule has 1 aliphatic heterocycles. The van der Waals surface area contributed by atoms with Gasteiger partial charge >= 0.3 is 0 Å². The van der Waals surface area contributed by atoms with Crippen molar-refractivity contribution in [3.63, 3.8) is 0 Å². The SMILES string of the molecule is CCCNC(=O)[C@@H](C)NC(=O)COc1ccc(S(=O)(=O)N2CCOCC2)cc1. The normalized spacial score (nSPS) is 16.2. The zero-order valence-electron chi connectivity index (χ0n) is 16.1. The Morgan fingerprint density at radius 3 is 2.46 bits per heavy atom. The van der Waals surface area contributed by atoms with E-state index in [1.165, 1.54) is 28.6 Å². The first-order chi connectivity index (χ1) is 13.3. The minimum Gasteiger partial charge on any atom is -0.484 e. The van der Waals surface area contributed by atoms with Gasteiger partial charge in [-0.1, -0.05) is 6.92 Å². The zero-order chi connectivity index (χ0) is 20.6. The number of hydrogen-bond donors (Lipinski definition) is 2. The summed E-state index contributed by atoms with van der Waals surface area (Å²) < 4.78 is 37.0. The molecule has 0 spiro atoms. The van der Waals surface area contributed by atoms with Crippen LogP contribution in [-0.2, 0) is 24.3 Å². The Labute approximate surface area is 165 Å². The molecule has 1 heterocycles. The number of morpholine rings is 1. The molecule has 0 unspecified atom stereocenters. The molecule has 1 aromatic carbocycles. The number of amides is 2. The Morgan fingerprint density at radius 2 is 1.86 bits per heavy atom. The van der Waals surface area contributed by atoms with E-state index in [1.807, 2.05) is 6.92 Å². The third-order valence-corrected chi connectivity index (χ3v) is 6.03. The number of sulfonamides is 1. The third-order valence-electron chi connectivity index (χ3n) is 4.12. The molecule has 0 radical (unpaired) electrons. The lowest BCUT2D eigenvalue weighted by atomic mass is 10.3. The predicted octanol–water partition coefficient (Wildman–Crippen LogP) is 0.117. The van der Waals surface area contributed by atoms with Crippen LogP contribution in [0.2, 0.25) is 0 Å². The topological polar surface area (TPSA) is 114 Å². The van der Waals surface area contributed by atoms with Crippen LogP contribution >= 0.6 is 0 Å². The van der Waals surface area contributed by atoms with Crippen LogP contribution in [0.15, 0.2) is 29.2 Å². The van der Waals surface area contributed by atoms with Crippen LogP contribution in [0.5, 0.6) is 5.75 Å². The molecule has 0 aromatic heterocycles. The van der Waals surface area contributed by atoms with Crippen molar-refractivity contribution in [2.75, 3.05) is 39.5 Å². The number of benzene rings is 1. The van der Waals surface area contributed by atoms with Crippen LogP contribution in [0.25, 0.3) is 0 Å². The Hall–Kier alpha value is -2.17. The third kappa shape index (κ3) is 6.18. The maximum absolute atomic E-state index is 12.6. The molecular formula is C18H27N3O6S. The Bertz CT molecular complexity index is 760. The molecule has 1 saturated heterocycles. The number of ether oxygens (including phenoxy) is 2. The molecule has 156 valence electrons. The fourth-order valence-corrected chi connectivity index (χ4v) is 3.95. The van der Waals surface area contributed by atoms with Crippen LogP contribution in [0.4, 0.5) is 0 Å². The highest BCUT2D eigenvalue weighted by Crippen LogP contribution is 2.20. The molecule has 2 rings (SSSR count). The maximum Gasteiger partial charge on any atom is 0.258 e. The molecule has 10 heteroatoms. The molecule has 2 N–H and O–H groups in total. The summed E-state index contributed by atoms with van der Waals surface area (Å²) in [6.45, 7) is 5.21. The Balaban J connectivity index is 1.85. The molecule has 9 nitrogen and oxygen atoms in total.